The SMILES string of the molecule is CN1CCC([C@H]2CCN(C(=O)NC3CCCC3)C2)CC1. The van der Waals surface area contributed by atoms with Gasteiger partial charge in [0.25, 0.3) is 0 Å². The maximum Gasteiger partial charge on any atom is 0.317 e. The Morgan fingerprint density at radius 2 is 1.60 bits per heavy atom. The summed E-state index contributed by atoms with van der Waals surface area (Å²) in [6.45, 7) is 4.42. The minimum absolute atomic E-state index is 0.201. The molecular weight excluding hydrogens is 250 g/mol. The monoisotopic (exact) mass is 279 g/mol. The Kier molecular flexibility index (Phi) is 4.49. The third-order valence-corrected chi connectivity index (χ3v) is 5.62. The first-order valence-electron chi connectivity index (χ1n) is 8.46. The Hall–Kier alpha value is -0.770. The van der Waals surface area contributed by atoms with Gasteiger partial charge in [-0.2, -0.15) is 0 Å². The molecule has 2 saturated heterocycles. The van der Waals surface area contributed by atoms with Gasteiger partial charge in [0.15, 0.2) is 0 Å². The number of piperidine rings is 1. The van der Waals surface area contributed by atoms with Crippen molar-refractivity contribution in [3.05, 3.63) is 0 Å². The van der Waals surface area contributed by atoms with Crippen LogP contribution in [0.4, 0.5) is 4.79 Å². The molecule has 0 radical (unpaired) electrons. The number of carbonyl (C=O) groups is 1. The van der Waals surface area contributed by atoms with Gasteiger partial charge in [-0.1, -0.05) is 12.8 Å². The first-order valence-corrected chi connectivity index (χ1v) is 8.46. The molecule has 0 unspecified atom stereocenters. The van der Waals surface area contributed by atoms with Crippen LogP contribution in [0.2, 0.25) is 0 Å². The van der Waals surface area contributed by atoms with Crippen molar-refractivity contribution in [2.75, 3.05) is 33.2 Å². The summed E-state index contributed by atoms with van der Waals surface area (Å²) in [5, 5.41) is 3.23. The number of likely N-dealkylation sites (tertiary alicyclic amines) is 2. The van der Waals surface area contributed by atoms with Crippen molar-refractivity contribution in [1.29, 1.82) is 0 Å². The van der Waals surface area contributed by atoms with Crippen LogP contribution in [0.3, 0.4) is 0 Å². The van der Waals surface area contributed by atoms with Crippen LogP contribution in [0.1, 0.15) is 44.9 Å². The number of hydrogen-bond acceptors (Lipinski definition) is 2. The number of hydrogen-bond donors (Lipinski definition) is 1. The lowest BCUT2D eigenvalue weighted by Gasteiger charge is -2.32. The van der Waals surface area contributed by atoms with Gasteiger partial charge < -0.3 is 15.1 Å². The molecule has 0 aromatic heterocycles. The normalized spacial score (nSPS) is 30.1. The third kappa shape index (κ3) is 3.27. The second kappa shape index (κ2) is 6.33. The second-order valence-corrected chi connectivity index (χ2v) is 7.07. The van der Waals surface area contributed by atoms with Crippen LogP contribution in [-0.4, -0.2) is 55.1 Å². The first kappa shape index (κ1) is 14.2. The van der Waals surface area contributed by atoms with E-state index in [1.807, 2.05) is 0 Å². The van der Waals surface area contributed by atoms with Crippen molar-refractivity contribution in [2.45, 2.75) is 51.0 Å². The van der Waals surface area contributed by atoms with Crippen molar-refractivity contribution < 1.29 is 4.79 Å². The van der Waals surface area contributed by atoms with Gasteiger partial charge in [0.05, 0.1) is 0 Å². The van der Waals surface area contributed by atoms with Gasteiger partial charge >= 0.3 is 6.03 Å². The number of urea groups is 1. The largest absolute Gasteiger partial charge is 0.335 e. The highest BCUT2D eigenvalue weighted by atomic mass is 16.2. The zero-order chi connectivity index (χ0) is 13.9. The van der Waals surface area contributed by atoms with E-state index >= 15 is 0 Å². The molecule has 0 aromatic carbocycles. The fourth-order valence-electron chi connectivity index (χ4n) is 4.19. The quantitative estimate of drug-likeness (QED) is 0.842. The predicted molar refractivity (Wildman–Crippen MR) is 80.7 cm³/mol. The molecule has 3 rings (SSSR count). The molecule has 4 heteroatoms. The van der Waals surface area contributed by atoms with E-state index in [1.54, 1.807) is 0 Å². The Labute approximate surface area is 122 Å². The summed E-state index contributed by atoms with van der Waals surface area (Å²) >= 11 is 0. The summed E-state index contributed by atoms with van der Waals surface area (Å²) in [6.07, 6.45) is 8.77. The summed E-state index contributed by atoms with van der Waals surface area (Å²) < 4.78 is 0. The van der Waals surface area contributed by atoms with Crippen LogP contribution in [0.25, 0.3) is 0 Å². The van der Waals surface area contributed by atoms with Gasteiger partial charge in [-0.3, -0.25) is 0 Å². The fraction of sp³-hybridized carbons (Fsp3) is 0.938. The topological polar surface area (TPSA) is 35.6 Å². The summed E-state index contributed by atoms with van der Waals surface area (Å²) in [5.41, 5.74) is 0. The third-order valence-electron chi connectivity index (χ3n) is 5.62. The van der Waals surface area contributed by atoms with E-state index in [1.165, 1.54) is 58.0 Å². The van der Waals surface area contributed by atoms with E-state index in [4.69, 9.17) is 0 Å². The molecule has 4 nitrogen and oxygen atoms in total. The molecule has 0 spiro atoms. The van der Waals surface area contributed by atoms with E-state index in [9.17, 15) is 4.79 Å². The molecule has 1 aliphatic carbocycles. The van der Waals surface area contributed by atoms with Crippen molar-refractivity contribution in [1.82, 2.24) is 15.1 Å². The van der Waals surface area contributed by atoms with Crippen LogP contribution in [0, 0.1) is 11.8 Å². The molecule has 2 heterocycles. The molecule has 2 amide bonds. The zero-order valence-corrected chi connectivity index (χ0v) is 12.8. The molecule has 1 N–H and O–H groups in total. The number of nitrogens with zero attached hydrogens (tertiary/aromatic N) is 2. The molecule has 20 heavy (non-hydrogen) atoms. The summed E-state index contributed by atoms with van der Waals surface area (Å²) in [7, 11) is 2.21. The van der Waals surface area contributed by atoms with E-state index in [0.29, 0.717) is 6.04 Å². The maximum atomic E-state index is 12.3. The Bertz CT molecular complexity index is 333. The lowest BCUT2D eigenvalue weighted by atomic mass is 9.84. The molecule has 2 aliphatic heterocycles. The van der Waals surface area contributed by atoms with Crippen LogP contribution in [0.15, 0.2) is 0 Å². The van der Waals surface area contributed by atoms with Gasteiger partial charge in [-0.15, -0.1) is 0 Å². The molecule has 1 saturated carbocycles. The van der Waals surface area contributed by atoms with Crippen LogP contribution in [-0.2, 0) is 0 Å². The van der Waals surface area contributed by atoms with Crippen molar-refractivity contribution in [2.24, 2.45) is 11.8 Å². The van der Waals surface area contributed by atoms with Crippen molar-refractivity contribution >= 4 is 6.03 Å². The van der Waals surface area contributed by atoms with Crippen molar-refractivity contribution in [3.63, 3.8) is 0 Å². The molecule has 3 fully saturated rings. The summed E-state index contributed by atoms with van der Waals surface area (Å²) in [5.74, 6) is 1.59. The van der Waals surface area contributed by atoms with Crippen molar-refractivity contribution in [3.8, 4) is 0 Å². The number of amides is 2. The van der Waals surface area contributed by atoms with Crippen LogP contribution in [0.5, 0.6) is 0 Å². The highest BCUT2D eigenvalue weighted by molar-refractivity contribution is 5.74. The molecule has 1 atom stereocenters. The minimum atomic E-state index is 0.201. The van der Waals surface area contributed by atoms with Crippen LogP contribution < -0.4 is 5.32 Å². The van der Waals surface area contributed by atoms with Gasteiger partial charge in [0.2, 0.25) is 0 Å². The second-order valence-electron chi connectivity index (χ2n) is 7.07. The number of carbonyl (C=O) groups excluding carboxylic acids is 1. The maximum absolute atomic E-state index is 12.3. The number of nitrogens with one attached hydrogen (secondary N) is 1. The fourth-order valence-corrected chi connectivity index (χ4v) is 4.19. The Balaban J connectivity index is 1.45. The lowest BCUT2D eigenvalue weighted by molar-refractivity contribution is 0.167. The van der Waals surface area contributed by atoms with E-state index in [-0.39, 0.29) is 6.03 Å². The molecular formula is C16H29N3O. The minimum Gasteiger partial charge on any atom is -0.335 e. The molecule has 0 aromatic rings. The molecule has 0 bridgehead atoms. The summed E-state index contributed by atoms with van der Waals surface area (Å²) in [4.78, 5) is 16.8. The van der Waals surface area contributed by atoms with E-state index in [2.05, 4.69) is 22.2 Å². The Morgan fingerprint density at radius 3 is 2.30 bits per heavy atom. The van der Waals surface area contributed by atoms with Crippen LogP contribution >= 0.6 is 0 Å². The van der Waals surface area contributed by atoms with E-state index in [0.717, 1.165) is 24.9 Å². The average molecular weight is 279 g/mol. The Morgan fingerprint density at radius 1 is 0.950 bits per heavy atom. The summed E-state index contributed by atoms with van der Waals surface area (Å²) in [6, 6.07) is 0.650. The highest BCUT2D eigenvalue weighted by Crippen LogP contribution is 2.31. The predicted octanol–water partition coefficient (Wildman–Crippen LogP) is 2.30. The molecule has 3 aliphatic rings. The smallest absolute Gasteiger partial charge is 0.317 e. The average Bonchev–Trinajstić information content (AvgIpc) is 3.10. The first-order chi connectivity index (χ1) is 9.72. The highest BCUT2D eigenvalue weighted by Gasteiger charge is 2.33. The molecule has 114 valence electrons. The van der Waals surface area contributed by atoms with Gasteiger partial charge in [-0.25, -0.2) is 4.79 Å². The standard InChI is InChI=1S/C16H29N3O/c1-18-9-6-13(7-10-18)14-8-11-19(12-14)16(20)17-15-4-2-3-5-15/h13-15H,2-12H2,1H3,(H,17,20)/t14-/m0/s1. The van der Waals surface area contributed by atoms with E-state index < -0.39 is 0 Å². The van der Waals surface area contributed by atoms with Gasteiger partial charge in [-0.05, 0) is 64.1 Å². The zero-order valence-electron chi connectivity index (χ0n) is 12.8. The van der Waals surface area contributed by atoms with Gasteiger partial charge in [0.1, 0.15) is 0 Å². The lowest BCUT2D eigenvalue weighted by Crippen LogP contribution is -2.43. The number of rotatable bonds is 2. The van der Waals surface area contributed by atoms with Gasteiger partial charge in [0, 0.05) is 19.1 Å².